The number of nitrogens with zero attached hydrogens (tertiary/aromatic N) is 3. The van der Waals surface area contributed by atoms with E-state index in [1.54, 1.807) is 12.4 Å². The van der Waals surface area contributed by atoms with E-state index in [0.29, 0.717) is 13.0 Å². The summed E-state index contributed by atoms with van der Waals surface area (Å²) >= 11 is 0. The maximum absolute atomic E-state index is 13.6. The van der Waals surface area contributed by atoms with Gasteiger partial charge in [-0.25, -0.2) is 9.97 Å². The average Bonchev–Trinajstić information content (AvgIpc) is 2.83. The van der Waals surface area contributed by atoms with Gasteiger partial charge < -0.3 is 5.32 Å². The van der Waals surface area contributed by atoms with Gasteiger partial charge in [-0.15, -0.1) is 6.58 Å². The van der Waals surface area contributed by atoms with Crippen molar-refractivity contribution in [3.63, 3.8) is 0 Å². The van der Waals surface area contributed by atoms with Crippen LogP contribution in [0.4, 0.5) is 0 Å². The first kappa shape index (κ1) is 22.9. The van der Waals surface area contributed by atoms with Crippen molar-refractivity contribution in [1.29, 1.82) is 0 Å². The first-order chi connectivity index (χ1) is 16.1. The predicted molar refractivity (Wildman–Crippen MR) is 133 cm³/mol. The summed E-state index contributed by atoms with van der Waals surface area (Å²) in [5.74, 6) is 0.107. The Morgan fingerprint density at radius 3 is 2.79 bits per heavy atom. The van der Waals surface area contributed by atoms with Gasteiger partial charge in [0.1, 0.15) is 6.33 Å². The van der Waals surface area contributed by atoms with Gasteiger partial charge in [-0.3, -0.25) is 9.69 Å². The lowest BCUT2D eigenvalue weighted by Crippen LogP contribution is -2.53. The van der Waals surface area contributed by atoms with E-state index in [1.807, 2.05) is 24.5 Å². The van der Waals surface area contributed by atoms with E-state index in [9.17, 15) is 4.79 Å². The molecule has 1 N–H and O–H groups in total. The molecule has 0 aliphatic carbocycles. The zero-order valence-electron chi connectivity index (χ0n) is 19.3. The Morgan fingerprint density at radius 1 is 1.18 bits per heavy atom. The van der Waals surface area contributed by atoms with Crippen LogP contribution in [0.2, 0.25) is 0 Å². The average molecular weight is 441 g/mol. The fourth-order valence-electron chi connectivity index (χ4n) is 4.95. The quantitative estimate of drug-likeness (QED) is 0.521. The van der Waals surface area contributed by atoms with Gasteiger partial charge in [0.15, 0.2) is 0 Å². The first-order valence-electron chi connectivity index (χ1n) is 11.6. The van der Waals surface area contributed by atoms with Crippen LogP contribution in [0.5, 0.6) is 0 Å². The SMILES string of the molecule is C=CCNC(=O)[C@]1(Cc2ccccc2-c2cncnc2)CCCN(Cc2cccc(C)c2)C1. The van der Waals surface area contributed by atoms with Gasteiger partial charge >= 0.3 is 0 Å². The second-order valence-electron chi connectivity index (χ2n) is 9.04. The molecular weight excluding hydrogens is 408 g/mol. The van der Waals surface area contributed by atoms with Crippen LogP contribution in [-0.4, -0.2) is 40.4 Å². The van der Waals surface area contributed by atoms with E-state index in [2.05, 4.69) is 70.1 Å². The van der Waals surface area contributed by atoms with E-state index in [1.165, 1.54) is 11.1 Å². The topological polar surface area (TPSA) is 58.1 Å². The molecule has 33 heavy (non-hydrogen) atoms. The van der Waals surface area contributed by atoms with Crippen LogP contribution in [-0.2, 0) is 17.8 Å². The van der Waals surface area contributed by atoms with Crippen LogP contribution in [0.3, 0.4) is 0 Å². The van der Waals surface area contributed by atoms with E-state index in [4.69, 9.17) is 0 Å². The summed E-state index contributed by atoms with van der Waals surface area (Å²) in [5, 5.41) is 3.11. The summed E-state index contributed by atoms with van der Waals surface area (Å²) < 4.78 is 0. The molecule has 0 saturated carbocycles. The smallest absolute Gasteiger partial charge is 0.228 e. The highest BCUT2D eigenvalue weighted by atomic mass is 16.2. The molecule has 3 aromatic rings. The summed E-state index contributed by atoms with van der Waals surface area (Å²) in [5.41, 5.74) is 5.26. The van der Waals surface area contributed by atoms with Gasteiger partial charge in [0, 0.05) is 37.6 Å². The Bertz CT molecular complexity index is 1100. The highest BCUT2D eigenvalue weighted by Crippen LogP contribution is 2.37. The van der Waals surface area contributed by atoms with Gasteiger partial charge in [0.2, 0.25) is 5.91 Å². The third-order valence-electron chi connectivity index (χ3n) is 6.45. The number of nitrogens with one attached hydrogen (secondary N) is 1. The predicted octanol–water partition coefficient (Wildman–Crippen LogP) is 4.58. The summed E-state index contributed by atoms with van der Waals surface area (Å²) in [6.07, 6.45) is 9.48. The number of aryl methyl sites for hydroxylation is 1. The number of hydrogen-bond donors (Lipinski definition) is 1. The van der Waals surface area contributed by atoms with Crippen LogP contribution in [0.25, 0.3) is 11.1 Å². The molecule has 0 unspecified atom stereocenters. The summed E-state index contributed by atoms with van der Waals surface area (Å²) in [7, 11) is 0. The van der Waals surface area contributed by atoms with Crippen LogP contribution < -0.4 is 5.32 Å². The summed E-state index contributed by atoms with van der Waals surface area (Å²) in [6.45, 7) is 8.96. The molecule has 5 heteroatoms. The summed E-state index contributed by atoms with van der Waals surface area (Å²) in [4.78, 5) is 24.4. The van der Waals surface area contributed by atoms with Crippen molar-refractivity contribution in [1.82, 2.24) is 20.2 Å². The molecule has 1 aliphatic rings. The van der Waals surface area contributed by atoms with Crippen molar-refractivity contribution in [2.75, 3.05) is 19.6 Å². The Hall–Kier alpha value is -3.31. The molecule has 1 fully saturated rings. The summed E-state index contributed by atoms with van der Waals surface area (Å²) in [6, 6.07) is 16.9. The number of likely N-dealkylation sites (tertiary alicyclic amines) is 1. The molecule has 0 bridgehead atoms. The fraction of sp³-hybridized carbons (Fsp3) is 0.321. The molecule has 170 valence electrons. The minimum Gasteiger partial charge on any atom is -0.352 e. The van der Waals surface area contributed by atoms with Crippen LogP contribution in [0.1, 0.15) is 29.5 Å². The van der Waals surface area contributed by atoms with Gasteiger partial charge in [-0.1, -0.05) is 60.2 Å². The van der Waals surface area contributed by atoms with Gasteiger partial charge in [0.05, 0.1) is 5.41 Å². The second-order valence-corrected chi connectivity index (χ2v) is 9.04. The van der Waals surface area contributed by atoms with E-state index in [-0.39, 0.29) is 5.91 Å². The standard InChI is InChI=1S/C28H32N4O/c1-3-13-31-27(33)28(12-7-14-32(20-28)19-23-9-6-8-22(2)15-23)16-24-10-4-5-11-26(24)25-17-29-21-30-18-25/h3-6,8-11,15,17-18,21H,1,7,12-14,16,19-20H2,2H3,(H,31,33)/t28-/m0/s1. The van der Waals surface area contributed by atoms with E-state index >= 15 is 0 Å². The number of aromatic nitrogens is 2. The van der Waals surface area contributed by atoms with Crippen LogP contribution in [0, 0.1) is 12.3 Å². The maximum Gasteiger partial charge on any atom is 0.228 e. The third kappa shape index (κ3) is 5.55. The number of piperidine rings is 1. The molecule has 1 aliphatic heterocycles. The number of rotatable bonds is 8. The molecule has 5 nitrogen and oxygen atoms in total. The highest BCUT2D eigenvalue weighted by Gasteiger charge is 2.42. The first-order valence-corrected chi connectivity index (χ1v) is 11.6. The van der Waals surface area contributed by atoms with Crippen molar-refractivity contribution in [3.8, 4) is 11.1 Å². The number of hydrogen-bond acceptors (Lipinski definition) is 4. The molecule has 2 aromatic carbocycles. The van der Waals surface area contributed by atoms with Crippen LogP contribution >= 0.6 is 0 Å². The Morgan fingerprint density at radius 2 is 2.00 bits per heavy atom. The molecule has 1 atom stereocenters. The molecule has 0 spiro atoms. The van der Waals surface area contributed by atoms with Crippen LogP contribution in [0.15, 0.2) is 79.9 Å². The monoisotopic (exact) mass is 440 g/mol. The molecular formula is C28H32N4O. The lowest BCUT2D eigenvalue weighted by atomic mass is 9.73. The largest absolute Gasteiger partial charge is 0.352 e. The lowest BCUT2D eigenvalue weighted by molar-refractivity contribution is -0.134. The number of amides is 1. The van der Waals surface area contributed by atoms with Gasteiger partial charge in [-0.2, -0.15) is 0 Å². The van der Waals surface area contributed by atoms with Crippen molar-refractivity contribution in [2.45, 2.75) is 32.7 Å². The zero-order valence-corrected chi connectivity index (χ0v) is 19.3. The van der Waals surface area contributed by atoms with Gasteiger partial charge in [-0.05, 0) is 49.4 Å². The highest BCUT2D eigenvalue weighted by molar-refractivity contribution is 5.84. The molecule has 4 rings (SSSR count). The van der Waals surface area contributed by atoms with Crippen molar-refractivity contribution >= 4 is 5.91 Å². The molecule has 2 heterocycles. The number of carbonyl (C=O) groups is 1. The third-order valence-corrected chi connectivity index (χ3v) is 6.45. The number of carbonyl (C=O) groups excluding carboxylic acids is 1. The lowest BCUT2D eigenvalue weighted by Gasteiger charge is -2.42. The Balaban J connectivity index is 1.64. The Labute approximate surface area is 196 Å². The zero-order chi connectivity index (χ0) is 23.1. The molecule has 1 saturated heterocycles. The maximum atomic E-state index is 13.6. The van der Waals surface area contributed by atoms with Crippen molar-refractivity contribution < 1.29 is 4.79 Å². The van der Waals surface area contributed by atoms with E-state index in [0.717, 1.165) is 49.2 Å². The van der Waals surface area contributed by atoms with Gasteiger partial charge in [0.25, 0.3) is 0 Å². The normalized spacial score (nSPS) is 18.6. The molecule has 1 amide bonds. The minimum absolute atomic E-state index is 0.107. The second kappa shape index (κ2) is 10.5. The van der Waals surface area contributed by atoms with Crippen molar-refractivity contribution in [2.24, 2.45) is 5.41 Å². The fourth-order valence-corrected chi connectivity index (χ4v) is 4.95. The number of benzene rings is 2. The van der Waals surface area contributed by atoms with Crippen molar-refractivity contribution in [3.05, 3.63) is 96.6 Å². The minimum atomic E-state index is -0.503. The Kier molecular flexibility index (Phi) is 7.30. The molecule has 0 radical (unpaired) electrons. The molecule has 1 aromatic heterocycles. The van der Waals surface area contributed by atoms with E-state index < -0.39 is 5.41 Å².